The Bertz CT molecular complexity index is 990. The molecule has 5 heterocycles. The Labute approximate surface area is 155 Å². The fourth-order valence-corrected chi connectivity index (χ4v) is 4.41. The van der Waals surface area contributed by atoms with E-state index in [-0.39, 0.29) is 0 Å². The quantitative estimate of drug-likeness (QED) is 0.537. The molecule has 0 saturated carbocycles. The van der Waals surface area contributed by atoms with E-state index in [1.807, 2.05) is 16.6 Å². The maximum absolute atomic E-state index is 5.50. The molecular formula is C20H20N4OS. The van der Waals surface area contributed by atoms with Crippen molar-refractivity contribution in [2.75, 3.05) is 13.1 Å². The van der Waals surface area contributed by atoms with Crippen LogP contribution in [0.3, 0.4) is 0 Å². The van der Waals surface area contributed by atoms with Crippen molar-refractivity contribution in [2.24, 2.45) is 0 Å². The molecule has 1 aliphatic heterocycles. The molecule has 5 nitrogen and oxygen atoms in total. The highest BCUT2D eigenvalue weighted by atomic mass is 32.1. The number of aromatic nitrogens is 3. The second-order valence-electron chi connectivity index (χ2n) is 6.82. The largest absolute Gasteiger partial charge is 0.468 e. The Morgan fingerprint density at radius 1 is 1.19 bits per heavy atom. The highest BCUT2D eigenvalue weighted by molar-refractivity contribution is 7.13. The van der Waals surface area contributed by atoms with Gasteiger partial charge in [0.1, 0.15) is 5.76 Å². The first-order chi connectivity index (χ1) is 12.8. The first-order valence-electron chi connectivity index (χ1n) is 9.00. The van der Waals surface area contributed by atoms with Gasteiger partial charge in [-0.25, -0.2) is 9.50 Å². The fraction of sp³-hybridized carbons (Fsp3) is 0.300. The lowest BCUT2D eigenvalue weighted by Crippen LogP contribution is -2.34. The predicted octanol–water partition coefficient (Wildman–Crippen LogP) is 4.43. The van der Waals surface area contributed by atoms with Crippen LogP contribution in [0.25, 0.3) is 16.1 Å². The van der Waals surface area contributed by atoms with E-state index >= 15 is 0 Å². The number of fused-ring (bicyclic) bond motifs is 1. The van der Waals surface area contributed by atoms with Crippen LogP contribution in [0.15, 0.2) is 58.7 Å². The number of rotatable bonds is 4. The molecule has 1 aliphatic rings. The van der Waals surface area contributed by atoms with Crippen molar-refractivity contribution in [1.29, 1.82) is 0 Å². The minimum atomic E-state index is 0.379. The van der Waals surface area contributed by atoms with Crippen LogP contribution in [0.1, 0.15) is 30.3 Å². The third kappa shape index (κ3) is 3.06. The second kappa shape index (κ2) is 6.70. The Hall–Kier alpha value is -2.44. The smallest absolute Gasteiger partial charge is 0.156 e. The summed E-state index contributed by atoms with van der Waals surface area (Å²) in [5.41, 5.74) is 2.11. The van der Waals surface area contributed by atoms with Crippen LogP contribution in [-0.2, 0) is 6.54 Å². The fourth-order valence-electron chi connectivity index (χ4n) is 3.69. The number of furan rings is 1. The van der Waals surface area contributed by atoms with E-state index in [1.54, 1.807) is 17.6 Å². The van der Waals surface area contributed by atoms with Gasteiger partial charge in [-0.05, 0) is 55.1 Å². The summed E-state index contributed by atoms with van der Waals surface area (Å²) in [7, 11) is 0. The van der Waals surface area contributed by atoms with Gasteiger partial charge in [0.15, 0.2) is 11.5 Å². The average Bonchev–Trinajstić information content (AvgIpc) is 3.42. The number of hydrogen-bond acceptors (Lipinski definition) is 5. The van der Waals surface area contributed by atoms with E-state index in [1.165, 1.54) is 16.9 Å². The molecule has 6 heteroatoms. The van der Waals surface area contributed by atoms with Crippen molar-refractivity contribution in [2.45, 2.75) is 25.3 Å². The van der Waals surface area contributed by atoms with Crippen LogP contribution in [0.5, 0.6) is 0 Å². The number of thiophene rings is 1. The van der Waals surface area contributed by atoms with Crippen molar-refractivity contribution in [3.63, 3.8) is 0 Å². The van der Waals surface area contributed by atoms with Crippen molar-refractivity contribution in [3.8, 4) is 10.4 Å². The van der Waals surface area contributed by atoms with E-state index in [4.69, 9.17) is 14.5 Å². The number of nitrogens with zero attached hydrogens (tertiary/aromatic N) is 4. The molecule has 0 aromatic carbocycles. The van der Waals surface area contributed by atoms with Gasteiger partial charge in [0.2, 0.25) is 0 Å². The summed E-state index contributed by atoms with van der Waals surface area (Å²) >= 11 is 1.74. The summed E-state index contributed by atoms with van der Waals surface area (Å²) < 4.78 is 7.42. The SMILES string of the molecule is c1coc(CN2CCC[C@@H](c3nc4ccc(-c5cccs5)cn4n3)C2)c1. The minimum absolute atomic E-state index is 0.379. The molecule has 0 N–H and O–H groups in total. The van der Waals surface area contributed by atoms with E-state index in [0.29, 0.717) is 5.92 Å². The maximum Gasteiger partial charge on any atom is 0.156 e. The van der Waals surface area contributed by atoms with Gasteiger partial charge >= 0.3 is 0 Å². The zero-order valence-corrected chi connectivity index (χ0v) is 15.2. The standard InChI is InChI=1S/C20H20N4OS/c1-4-16(12-23(9-1)14-17-5-2-10-25-17)20-21-19-8-7-15(13-24(19)22-20)18-6-3-11-26-18/h2-3,5-8,10-11,13,16H,1,4,9,12,14H2/t16-/m1/s1. The van der Waals surface area contributed by atoms with Gasteiger partial charge in [-0.15, -0.1) is 11.3 Å². The zero-order chi connectivity index (χ0) is 17.3. The summed E-state index contributed by atoms with van der Waals surface area (Å²) in [5.74, 6) is 2.36. The lowest BCUT2D eigenvalue weighted by molar-refractivity contribution is 0.183. The minimum Gasteiger partial charge on any atom is -0.468 e. The molecule has 0 unspecified atom stereocenters. The molecule has 0 spiro atoms. The van der Waals surface area contributed by atoms with Crippen LogP contribution >= 0.6 is 11.3 Å². The third-order valence-corrected chi connectivity index (χ3v) is 5.90. The summed E-state index contributed by atoms with van der Waals surface area (Å²) in [4.78, 5) is 8.49. The van der Waals surface area contributed by atoms with Gasteiger partial charge in [-0.1, -0.05) is 6.07 Å². The summed E-state index contributed by atoms with van der Waals surface area (Å²) in [6, 6.07) is 12.4. The molecule has 0 aliphatic carbocycles. The number of hydrogen-bond donors (Lipinski definition) is 0. The van der Waals surface area contributed by atoms with E-state index in [9.17, 15) is 0 Å². The molecule has 1 atom stereocenters. The normalized spacial score (nSPS) is 18.5. The van der Waals surface area contributed by atoms with Crippen LogP contribution in [0.2, 0.25) is 0 Å². The van der Waals surface area contributed by atoms with E-state index in [2.05, 4.69) is 40.7 Å². The maximum atomic E-state index is 5.50. The van der Waals surface area contributed by atoms with Crippen LogP contribution in [-0.4, -0.2) is 32.6 Å². The van der Waals surface area contributed by atoms with Gasteiger partial charge in [0.05, 0.1) is 12.8 Å². The van der Waals surface area contributed by atoms with Gasteiger partial charge in [-0.3, -0.25) is 4.90 Å². The van der Waals surface area contributed by atoms with Gasteiger partial charge < -0.3 is 4.42 Å². The topological polar surface area (TPSA) is 46.6 Å². The molecule has 132 valence electrons. The molecule has 5 rings (SSSR count). The summed E-state index contributed by atoms with van der Waals surface area (Å²) in [6.45, 7) is 2.95. The molecule has 1 saturated heterocycles. The first-order valence-corrected chi connectivity index (χ1v) is 9.88. The van der Waals surface area contributed by atoms with E-state index in [0.717, 1.165) is 43.3 Å². The second-order valence-corrected chi connectivity index (χ2v) is 7.77. The summed E-state index contributed by atoms with van der Waals surface area (Å²) in [5, 5.41) is 6.90. The van der Waals surface area contributed by atoms with Crippen LogP contribution in [0.4, 0.5) is 0 Å². The molecule has 4 aromatic heterocycles. The van der Waals surface area contributed by atoms with Crippen molar-refractivity contribution in [3.05, 3.63) is 65.8 Å². The molecule has 0 amide bonds. The molecule has 0 bridgehead atoms. The first kappa shape index (κ1) is 15.8. The Morgan fingerprint density at radius 2 is 2.19 bits per heavy atom. The van der Waals surface area contributed by atoms with Gasteiger partial charge in [0, 0.05) is 29.1 Å². The van der Waals surface area contributed by atoms with Crippen molar-refractivity contribution in [1.82, 2.24) is 19.5 Å². The molecular weight excluding hydrogens is 344 g/mol. The number of pyridine rings is 1. The molecule has 26 heavy (non-hydrogen) atoms. The number of likely N-dealkylation sites (tertiary alicyclic amines) is 1. The van der Waals surface area contributed by atoms with Crippen LogP contribution in [0, 0.1) is 0 Å². The van der Waals surface area contributed by atoms with Gasteiger partial charge in [0.25, 0.3) is 0 Å². The average molecular weight is 364 g/mol. The summed E-state index contributed by atoms with van der Waals surface area (Å²) in [6.07, 6.45) is 6.14. The highest BCUT2D eigenvalue weighted by Crippen LogP contribution is 2.28. The highest BCUT2D eigenvalue weighted by Gasteiger charge is 2.25. The Morgan fingerprint density at radius 3 is 3.04 bits per heavy atom. The zero-order valence-electron chi connectivity index (χ0n) is 14.4. The Kier molecular flexibility index (Phi) is 4.07. The van der Waals surface area contributed by atoms with Gasteiger partial charge in [-0.2, -0.15) is 5.10 Å². The van der Waals surface area contributed by atoms with Crippen LogP contribution < -0.4 is 0 Å². The lowest BCUT2D eigenvalue weighted by atomic mass is 9.97. The van der Waals surface area contributed by atoms with E-state index < -0.39 is 0 Å². The molecule has 4 aromatic rings. The molecule has 1 fully saturated rings. The lowest BCUT2D eigenvalue weighted by Gasteiger charge is -2.30. The predicted molar refractivity (Wildman–Crippen MR) is 102 cm³/mol. The third-order valence-electron chi connectivity index (χ3n) is 4.98. The monoisotopic (exact) mass is 364 g/mol. The van der Waals surface area contributed by atoms with Crippen molar-refractivity contribution >= 4 is 17.0 Å². The molecule has 0 radical (unpaired) electrons. The number of piperidine rings is 1. The Balaban J connectivity index is 1.38. The van der Waals surface area contributed by atoms with Crippen molar-refractivity contribution < 1.29 is 4.42 Å².